The predicted octanol–water partition coefficient (Wildman–Crippen LogP) is 5.30. The number of hydrogen-bond donors (Lipinski definition) is 3. The second-order valence-electron chi connectivity index (χ2n) is 12.3. The van der Waals surface area contributed by atoms with Crippen LogP contribution in [0, 0.1) is 5.92 Å². The van der Waals surface area contributed by atoms with Crippen molar-refractivity contribution in [2.45, 2.75) is 77.2 Å². The molecule has 2 aromatic rings. The molecule has 260 valence electrons. The minimum Gasteiger partial charge on any atom is -0.497 e. The Hall–Kier alpha value is -3.42. The molecule has 12 nitrogen and oxygen atoms in total. The summed E-state index contributed by atoms with van der Waals surface area (Å²) in [6, 6.07) is 13.3. The summed E-state index contributed by atoms with van der Waals surface area (Å²) < 4.78 is 16.7. The Morgan fingerprint density at radius 1 is 0.915 bits per heavy atom. The molecule has 2 aliphatic heterocycles. The maximum absolute atomic E-state index is 14.2. The van der Waals surface area contributed by atoms with Crippen molar-refractivity contribution in [2.75, 3.05) is 53.2 Å². The molecule has 2 aromatic carbocycles. The van der Waals surface area contributed by atoms with E-state index in [9.17, 15) is 9.59 Å². The number of unbranched alkanes of at least 4 members (excludes halogenated alkanes) is 5. The van der Waals surface area contributed by atoms with Gasteiger partial charge in [-0.25, -0.2) is 0 Å². The first-order valence-corrected chi connectivity index (χ1v) is 17.0. The number of carbonyl (C=O) groups is 2. The van der Waals surface area contributed by atoms with Gasteiger partial charge in [-0.1, -0.05) is 57.7 Å². The molecule has 0 spiro atoms. The summed E-state index contributed by atoms with van der Waals surface area (Å²) in [5.41, 5.74) is 1.93. The summed E-state index contributed by atoms with van der Waals surface area (Å²) in [6.45, 7) is 7.36. The summed E-state index contributed by atoms with van der Waals surface area (Å²) >= 11 is 0. The largest absolute Gasteiger partial charge is 0.497 e. The SMILES string of the molecule is CCCCN(CCCC)C(=O)CN1CC(c2ccc3c(c2)OCO3)[C@@H](C(=O)NCCCCCCON(O)O)C1c1ccc(OC)cc1. The highest BCUT2D eigenvalue weighted by Crippen LogP contribution is 2.48. The molecule has 0 bridgehead atoms. The normalized spacial score (nSPS) is 18.9. The van der Waals surface area contributed by atoms with Crippen LogP contribution in [0.5, 0.6) is 17.2 Å². The number of likely N-dealkylation sites (tertiary alicyclic amines) is 1. The van der Waals surface area contributed by atoms with Crippen LogP contribution >= 0.6 is 0 Å². The second-order valence-corrected chi connectivity index (χ2v) is 12.3. The molecule has 2 heterocycles. The maximum atomic E-state index is 14.2. The molecule has 1 saturated heterocycles. The van der Waals surface area contributed by atoms with E-state index >= 15 is 0 Å². The lowest BCUT2D eigenvalue weighted by atomic mass is 9.82. The van der Waals surface area contributed by atoms with Crippen molar-refractivity contribution in [3.8, 4) is 17.2 Å². The summed E-state index contributed by atoms with van der Waals surface area (Å²) in [7, 11) is 1.63. The second kappa shape index (κ2) is 18.8. The molecular weight excluding hydrogens is 604 g/mol. The molecule has 0 aromatic heterocycles. The Balaban J connectivity index is 1.59. The van der Waals surface area contributed by atoms with Gasteiger partial charge in [0, 0.05) is 38.1 Å². The van der Waals surface area contributed by atoms with E-state index in [4.69, 9.17) is 24.6 Å². The average molecular weight is 657 g/mol. The Bertz CT molecular complexity index is 1250. The van der Waals surface area contributed by atoms with Gasteiger partial charge in [-0.3, -0.25) is 29.7 Å². The molecule has 47 heavy (non-hydrogen) atoms. The van der Waals surface area contributed by atoms with Gasteiger partial charge in [0.25, 0.3) is 0 Å². The van der Waals surface area contributed by atoms with Crippen molar-refractivity contribution in [3.05, 3.63) is 53.6 Å². The van der Waals surface area contributed by atoms with Gasteiger partial charge in [0.2, 0.25) is 18.6 Å². The highest BCUT2D eigenvalue weighted by Gasteiger charge is 2.48. The fourth-order valence-corrected chi connectivity index (χ4v) is 6.48. The number of nitrogens with zero attached hydrogens (tertiary/aromatic N) is 3. The Kier molecular flexibility index (Phi) is 14.6. The zero-order valence-electron chi connectivity index (χ0n) is 28.1. The monoisotopic (exact) mass is 656 g/mol. The van der Waals surface area contributed by atoms with Gasteiger partial charge in [0.15, 0.2) is 11.5 Å². The molecular formula is C35H52N4O8. The van der Waals surface area contributed by atoms with Gasteiger partial charge in [-0.05, 0) is 61.1 Å². The lowest BCUT2D eigenvalue weighted by Gasteiger charge is -2.31. The van der Waals surface area contributed by atoms with Gasteiger partial charge in [-0.15, -0.1) is 0 Å². The summed E-state index contributed by atoms with van der Waals surface area (Å²) in [6.07, 6.45) is 7.05. The highest BCUT2D eigenvalue weighted by atomic mass is 17.1. The zero-order valence-corrected chi connectivity index (χ0v) is 28.1. The van der Waals surface area contributed by atoms with Gasteiger partial charge in [0.05, 0.1) is 31.6 Å². The van der Waals surface area contributed by atoms with E-state index in [-0.39, 0.29) is 49.1 Å². The number of rotatable bonds is 20. The molecule has 2 amide bonds. The Labute approximate surface area is 278 Å². The topological polar surface area (TPSA) is 133 Å². The third-order valence-electron chi connectivity index (χ3n) is 9.01. The summed E-state index contributed by atoms with van der Waals surface area (Å²) in [5, 5.41) is 20.3. The molecule has 2 aliphatic rings. The average Bonchev–Trinajstić information content (AvgIpc) is 3.70. The van der Waals surface area contributed by atoms with Crippen molar-refractivity contribution in [3.63, 3.8) is 0 Å². The van der Waals surface area contributed by atoms with E-state index in [1.807, 2.05) is 47.4 Å². The Morgan fingerprint density at radius 3 is 2.28 bits per heavy atom. The number of fused-ring (bicyclic) bond motifs is 1. The number of benzene rings is 2. The first kappa shape index (κ1) is 36.4. The fraction of sp³-hybridized carbons (Fsp3) is 0.600. The third-order valence-corrected chi connectivity index (χ3v) is 9.01. The van der Waals surface area contributed by atoms with E-state index in [0.29, 0.717) is 31.0 Å². The molecule has 0 saturated carbocycles. The van der Waals surface area contributed by atoms with Crippen LogP contribution in [-0.4, -0.2) is 90.7 Å². The summed E-state index contributed by atoms with van der Waals surface area (Å²) in [4.78, 5) is 36.9. The summed E-state index contributed by atoms with van der Waals surface area (Å²) in [5.74, 6) is 1.44. The van der Waals surface area contributed by atoms with E-state index in [0.717, 1.165) is 74.9 Å². The number of ether oxygens (including phenoxy) is 3. The van der Waals surface area contributed by atoms with Crippen molar-refractivity contribution in [2.24, 2.45) is 5.92 Å². The van der Waals surface area contributed by atoms with Gasteiger partial charge in [-0.2, -0.15) is 0 Å². The van der Waals surface area contributed by atoms with E-state index in [1.165, 1.54) is 0 Å². The van der Waals surface area contributed by atoms with Crippen LogP contribution in [0.15, 0.2) is 42.5 Å². The van der Waals surface area contributed by atoms with E-state index < -0.39 is 5.92 Å². The van der Waals surface area contributed by atoms with E-state index in [1.54, 1.807) is 7.11 Å². The zero-order chi connectivity index (χ0) is 33.6. The predicted molar refractivity (Wildman–Crippen MR) is 175 cm³/mol. The first-order chi connectivity index (χ1) is 22.9. The smallest absolute Gasteiger partial charge is 0.236 e. The van der Waals surface area contributed by atoms with Crippen molar-refractivity contribution in [1.82, 2.24) is 20.5 Å². The molecule has 3 N–H and O–H groups in total. The standard InChI is InChI=1S/C35H52N4O8/c1-4-6-19-37(20-7-5-2)32(40)24-38-23-29(27-14-17-30-31(22-27)46-25-45-30)33(34(38)26-12-15-28(44-3)16-13-26)35(41)36-18-10-8-9-11-21-47-39(42)43/h12-17,22,29,33-34,42-43H,4-11,18-21,23-25H2,1-3H3,(H,36,41)/t29?,33-,34?/m1/s1. The third kappa shape index (κ3) is 10.3. The molecule has 3 atom stereocenters. The minimum atomic E-state index is -0.468. The van der Waals surface area contributed by atoms with Crippen LogP contribution in [0.4, 0.5) is 0 Å². The minimum absolute atomic E-state index is 0.0585. The van der Waals surface area contributed by atoms with E-state index in [2.05, 4.69) is 28.9 Å². The Morgan fingerprint density at radius 2 is 1.60 bits per heavy atom. The van der Waals surface area contributed by atoms with Crippen molar-refractivity contribution < 1.29 is 39.1 Å². The van der Waals surface area contributed by atoms with Gasteiger partial charge >= 0.3 is 0 Å². The molecule has 2 unspecified atom stereocenters. The molecule has 0 radical (unpaired) electrons. The van der Waals surface area contributed by atoms with Crippen molar-refractivity contribution >= 4 is 11.8 Å². The number of methoxy groups -OCH3 is 1. The quantitative estimate of drug-likeness (QED) is 0.127. The fourth-order valence-electron chi connectivity index (χ4n) is 6.48. The molecule has 4 rings (SSSR count). The van der Waals surface area contributed by atoms with Crippen LogP contribution in [0.2, 0.25) is 0 Å². The first-order valence-electron chi connectivity index (χ1n) is 17.0. The number of carbonyl (C=O) groups excluding carboxylic acids is 2. The molecule has 1 fully saturated rings. The number of amides is 2. The maximum Gasteiger partial charge on any atom is 0.236 e. The van der Waals surface area contributed by atoms with Crippen LogP contribution in [0.25, 0.3) is 0 Å². The molecule has 12 heteroatoms. The lowest BCUT2D eigenvalue weighted by Crippen LogP contribution is -2.42. The van der Waals surface area contributed by atoms with Crippen LogP contribution < -0.4 is 19.5 Å². The highest BCUT2D eigenvalue weighted by molar-refractivity contribution is 5.82. The lowest BCUT2D eigenvalue weighted by molar-refractivity contribution is -0.492. The van der Waals surface area contributed by atoms with Crippen LogP contribution in [-0.2, 0) is 14.4 Å². The van der Waals surface area contributed by atoms with Gasteiger partial charge < -0.3 is 24.4 Å². The molecule has 0 aliphatic carbocycles. The van der Waals surface area contributed by atoms with Crippen LogP contribution in [0.1, 0.15) is 88.3 Å². The number of nitrogens with one attached hydrogen (secondary N) is 1. The van der Waals surface area contributed by atoms with Crippen LogP contribution in [0.3, 0.4) is 0 Å². The van der Waals surface area contributed by atoms with Gasteiger partial charge in [0.1, 0.15) is 5.75 Å². The number of hydrogen-bond acceptors (Lipinski definition) is 10. The van der Waals surface area contributed by atoms with Crippen molar-refractivity contribution in [1.29, 1.82) is 0 Å².